The Kier molecular flexibility index (Phi) is 6.91. The molecule has 0 aliphatic carbocycles. The van der Waals surface area contributed by atoms with Crippen molar-refractivity contribution in [1.82, 2.24) is 0 Å². The van der Waals surface area contributed by atoms with Gasteiger partial charge in [-0.1, -0.05) is 0 Å². The zero-order valence-corrected chi connectivity index (χ0v) is 16.7. The summed E-state index contributed by atoms with van der Waals surface area (Å²) in [4.78, 5) is 25.8. The molecular weight excluding hydrogens is 372 g/mol. The van der Waals surface area contributed by atoms with Gasteiger partial charge in [0.1, 0.15) is 5.75 Å². The fourth-order valence-corrected chi connectivity index (χ4v) is 3.08. The van der Waals surface area contributed by atoms with Gasteiger partial charge in [-0.15, -0.1) is 0 Å². The molecule has 3 N–H and O–H groups in total. The second-order valence-electron chi connectivity index (χ2n) is 6.64. The third-order valence-electron chi connectivity index (χ3n) is 4.49. The lowest BCUT2D eigenvalue weighted by molar-refractivity contribution is -0.115. The van der Waals surface area contributed by atoms with Crippen LogP contribution in [0.15, 0.2) is 42.5 Å². The van der Waals surface area contributed by atoms with E-state index in [0.717, 1.165) is 37.7 Å². The Morgan fingerprint density at radius 1 is 1.03 bits per heavy atom. The molecule has 0 saturated carbocycles. The molecule has 2 aromatic carbocycles. The number of nitrogens with zero attached hydrogens (tertiary/aromatic N) is 1. The van der Waals surface area contributed by atoms with Gasteiger partial charge in [-0.25, -0.2) is 0 Å². The Morgan fingerprint density at radius 2 is 1.72 bits per heavy atom. The predicted octanol–water partition coefficient (Wildman–Crippen LogP) is 2.54. The van der Waals surface area contributed by atoms with Crippen LogP contribution in [0.2, 0.25) is 0 Å². The standard InChI is InChI=1S/C21H26N4O4/c1-15(26)23-17-5-8-20(28-2)19(13-17)22-14-21(27)24-16-3-6-18(7-4-16)25-9-11-29-12-10-25/h3-8,13,22H,9-12,14H2,1-2H3,(H,23,26)(H,24,27). The van der Waals surface area contributed by atoms with Gasteiger partial charge in [0.05, 0.1) is 32.6 Å². The summed E-state index contributed by atoms with van der Waals surface area (Å²) in [5.41, 5.74) is 3.09. The first-order valence-electron chi connectivity index (χ1n) is 9.47. The average molecular weight is 398 g/mol. The molecule has 0 unspecified atom stereocenters. The quantitative estimate of drug-likeness (QED) is 0.664. The van der Waals surface area contributed by atoms with Gasteiger partial charge in [0.25, 0.3) is 0 Å². The number of methoxy groups -OCH3 is 1. The van der Waals surface area contributed by atoms with Crippen LogP contribution in [-0.2, 0) is 14.3 Å². The molecule has 1 aliphatic heterocycles. The smallest absolute Gasteiger partial charge is 0.243 e. The van der Waals surface area contributed by atoms with E-state index >= 15 is 0 Å². The number of carbonyl (C=O) groups is 2. The highest BCUT2D eigenvalue weighted by Gasteiger charge is 2.12. The minimum absolute atomic E-state index is 0.0606. The number of ether oxygens (including phenoxy) is 2. The van der Waals surface area contributed by atoms with Crippen LogP contribution in [0, 0.1) is 0 Å². The third kappa shape index (κ3) is 5.86. The van der Waals surface area contributed by atoms with Crippen LogP contribution in [0.4, 0.5) is 22.7 Å². The first-order chi connectivity index (χ1) is 14.0. The van der Waals surface area contributed by atoms with E-state index in [-0.39, 0.29) is 18.4 Å². The molecule has 1 saturated heterocycles. The van der Waals surface area contributed by atoms with Crippen molar-refractivity contribution in [2.45, 2.75) is 6.92 Å². The first kappa shape index (κ1) is 20.5. The topological polar surface area (TPSA) is 91.9 Å². The van der Waals surface area contributed by atoms with Gasteiger partial charge in [0, 0.05) is 37.1 Å². The number of hydrogen-bond donors (Lipinski definition) is 3. The van der Waals surface area contributed by atoms with Crippen LogP contribution in [-0.4, -0.2) is 51.8 Å². The zero-order valence-electron chi connectivity index (χ0n) is 16.7. The van der Waals surface area contributed by atoms with Crippen molar-refractivity contribution >= 4 is 34.6 Å². The Bertz CT molecular complexity index is 848. The number of hydrogen-bond acceptors (Lipinski definition) is 6. The van der Waals surface area contributed by atoms with Crippen molar-refractivity contribution in [1.29, 1.82) is 0 Å². The van der Waals surface area contributed by atoms with Gasteiger partial charge in [0.15, 0.2) is 0 Å². The van der Waals surface area contributed by atoms with Crippen LogP contribution in [0.3, 0.4) is 0 Å². The van der Waals surface area contributed by atoms with E-state index in [0.29, 0.717) is 17.1 Å². The second-order valence-corrected chi connectivity index (χ2v) is 6.64. The molecule has 29 heavy (non-hydrogen) atoms. The molecule has 154 valence electrons. The van der Waals surface area contributed by atoms with Crippen LogP contribution >= 0.6 is 0 Å². The molecule has 0 spiro atoms. The number of nitrogens with one attached hydrogen (secondary N) is 3. The van der Waals surface area contributed by atoms with E-state index in [4.69, 9.17) is 9.47 Å². The maximum Gasteiger partial charge on any atom is 0.243 e. The SMILES string of the molecule is COc1ccc(NC(C)=O)cc1NCC(=O)Nc1ccc(N2CCOCC2)cc1. The summed E-state index contributed by atoms with van der Waals surface area (Å²) in [5, 5.41) is 8.63. The van der Waals surface area contributed by atoms with E-state index in [9.17, 15) is 9.59 Å². The first-order valence-corrected chi connectivity index (χ1v) is 9.47. The van der Waals surface area contributed by atoms with Crippen molar-refractivity contribution in [3.8, 4) is 5.75 Å². The van der Waals surface area contributed by atoms with Gasteiger partial charge in [-0.3, -0.25) is 9.59 Å². The van der Waals surface area contributed by atoms with Crippen LogP contribution in [0.1, 0.15) is 6.92 Å². The predicted molar refractivity (Wildman–Crippen MR) is 114 cm³/mol. The summed E-state index contributed by atoms with van der Waals surface area (Å²) in [7, 11) is 1.55. The van der Waals surface area contributed by atoms with Gasteiger partial charge in [-0.05, 0) is 42.5 Å². The van der Waals surface area contributed by atoms with Gasteiger partial charge in [-0.2, -0.15) is 0 Å². The Morgan fingerprint density at radius 3 is 2.38 bits per heavy atom. The molecule has 2 amide bonds. The lowest BCUT2D eigenvalue weighted by Crippen LogP contribution is -2.36. The Hall–Kier alpha value is -3.26. The Labute approximate surface area is 170 Å². The van der Waals surface area contributed by atoms with Crippen molar-refractivity contribution < 1.29 is 19.1 Å². The number of carbonyl (C=O) groups excluding carboxylic acids is 2. The maximum atomic E-state index is 12.3. The van der Waals surface area contributed by atoms with E-state index in [1.165, 1.54) is 6.92 Å². The van der Waals surface area contributed by atoms with Crippen molar-refractivity contribution in [3.63, 3.8) is 0 Å². The fourth-order valence-electron chi connectivity index (χ4n) is 3.08. The number of benzene rings is 2. The molecule has 0 aromatic heterocycles. The highest BCUT2D eigenvalue weighted by molar-refractivity contribution is 5.94. The summed E-state index contributed by atoms with van der Waals surface area (Å²) in [5.74, 6) is 0.234. The minimum Gasteiger partial charge on any atom is -0.495 e. The Balaban J connectivity index is 1.56. The second kappa shape index (κ2) is 9.79. The van der Waals surface area contributed by atoms with Gasteiger partial charge < -0.3 is 30.3 Å². The molecule has 1 fully saturated rings. The maximum absolute atomic E-state index is 12.3. The normalized spacial score (nSPS) is 13.5. The summed E-state index contributed by atoms with van der Waals surface area (Å²) >= 11 is 0. The number of anilines is 4. The van der Waals surface area contributed by atoms with Crippen molar-refractivity contribution in [2.24, 2.45) is 0 Å². The average Bonchev–Trinajstić information content (AvgIpc) is 2.73. The number of amides is 2. The van der Waals surface area contributed by atoms with Gasteiger partial charge >= 0.3 is 0 Å². The molecule has 1 heterocycles. The summed E-state index contributed by atoms with van der Waals surface area (Å²) in [6, 6.07) is 13.0. The molecule has 0 atom stereocenters. The lowest BCUT2D eigenvalue weighted by atomic mass is 10.2. The highest BCUT2D eigenvalue weighted by atomic mass is 16.5. The van der Waals surface area contributed by atoms with E-state index in [1.54, 1.807) is 25.3 Å². The molecule has 2 aromatic rings. The fraction of sp³-hybridized carbons (Fsp3) is 0.333. The molecule has 8 nitrogen and oxygen atoms in total. The molecule has 0 bridgehead atoms. The largest absolute Gasteiger partial charge is 0.495 e. The monoisotopic (exact) mass is 398 g/mol. The zero-order chi connectivity index (χ0) is 20.6. The lowest BCUT2D eigenvalue weighted by Gasteiger charge is -2.28. The van der Waals surface area contributed by atoms with Crippen LogP contribution in [0.5, 0.6) is 5.75 Å². The highest BCUT2D eigenvalue weighted by Crippen LogP contribution is 2.27. The van der Waals surface area contributed by atoms with E-state index in [1.807, 2.05) is 24.3 Å². The molecule has 8 heteroatoms. The molecule has 3 rings (SSSR count). The van der Waals surface area contributed by atoms with Crippen LogP contribution in [0.25, 0.3) is 0 Å². The van der Waals surface area contributed by atoms with Gasteiger partial charge in [0.2, 0.25) is 11.8 Å². The number of rotatable bonds is 7. The minimum atomic E-state index is -0.184. The molecule has 1 aliphatic rings. The van der Waals surface area contributed by atoms with E-state index in [2.05, 4.69) is 20.9 Å². The summed E-state index contributed by atoms with van der Waals surface area (Å²) in [6.45, 7) is 4.71. The van der Waals surface area contributed by atoms with Crippen molar-refractivity contribution in [3.05, 3.63) is 42.5 Å². The summed E-state index contributed by atoms with van der Waals surface area (Å²) in [6.07, 6.45) is 0. The molecular formula is C21H26N4O4. The number of morpholine rings is 1. The molecule has 0 radical (unpaired) electrons. The van der Waals surface area contributed by atoms with Crippen LogP contribution < -0.4 is 25.6 Å². The summed E-state index contributed by atoms with van der Waals surface area (Å²) < 4.78 is 10.7. The van der Waals surface area contributed by atoms with Crippen molar-refractivity contribution in [2.75, 3.05) is 60.8 Å². The third-order valence-corrected chi connectivity index (χ3v) is 4.49. The van der Waals surface area contributed by atoms with E-state index < -0.39 is 0 Å².